The molecular formula is C36H53N3O3. The number of nitrogens with zero attached hydrogens (tertiary/aromatic N) is 1. The number of benzene rings is 1. The Morgan fingerprint density at radius 3 is 2.12 bits per heavy atom. The van der Waals surface area contributed by atoms with Gasteiger partial charge in [-0.15, -0.1) is 0 Å². The largest absolute Gasteiger partial charge is 0.381 e. The summed E-state index contributed by atoms with van der Waals surface area (Å²) in [6.45, 7) is 11.7. The molecule has 2 N–H and O–H groups in total. The summed E-state index contributed by atoms with van der Waals surface area (Å²) >= 11 is 0. The van der Waals surface area contributed by atoms with E-state index in [9.17, 15) is 9.59 Å². The minimum absolute atomic E-state index is 0.0119. The lowest BCUT2D eigenvalue weighted by atomic mass is 9.82. The number of nitrogens with one attached hydrogen (secondary N) is 2. The summed E-state index contributed by atoms with van der Waals surface area (Å²) in [6, 6.07) is 8.58. The van der Waals surface area contributed by atoms with E-state index in [0.717, 1.165) is 59.6 Å². The number of ether oxygens (including phenoxy) is 1. The molecular weight excluding hydrogens is 522 g/mol. The van der Waals surface area contributed by atoms with Crippen LogP contribution in [0.25, 0.3) is 11.3 Å². The van der Waals surface area contributed by atoms with E-state index in [-0.39, 0.29) is 23.3 Å². The topological polar surface area (TPSA) is 72.4 Å². The fourth-order valence-corrected chi connectivity index (χ4v) is 7.33. The van der Waals surface area contributed by atoms with E-state index < -0.39 is 0 Å². The average Bonchev–Trinajstić information content (AvgIpc) is 3.32. The third kappa shape index (κ3) is 7.48. The molecule has 2 heterocycles. The van der Waals surface area contributed by atoms with Crippen LogP contribution in [0.3, 0.4) is 0 Å². The third-order valence-corrected chi connectivity index (χ3v) is 9.98. The van der Waals surface area contributed by atoms with Crippen molar-refractivity contribution in [3.8, 4) is 11.3 Å². The van der Waals surface area contributed by atoms with Crippen molar-refractivity contribution < 1.29 is 14.3 Å². The van der Waals surface area contributed by atoms with Crippen molar-refractivity contribution in [1.82, 2.24) is 15.2 Å². The van der Waals surface area contributed by atoms with Crippen molar-refractivity contribution in [2.24, 2.45) is 11.8 Å². The lowest BCUT2D eigenvalue weighted by molar-refractivity contribution is 0.0696. The molecule has 0 unspecified atom stereocenters. The van der Waals surface area contributed by atoms with Crippen molar-refractivity contribution in [1.29, 1.82) is 0 Å². The average molecular weight is 576 g/mol. The van der Waals surface area contributed by atoms with Gasteiger partial charge in [0.25, 0.3) is 11.8 Å². The maximum Gasteiger partial charge on any atom is 0.253 e. The van der Waals surface area contributed by atoms with Crippen LogP contribution in [0, 0.1) is 18.8 Å². The summed E-state index contributed by atoms with van der Waals surface area (Å²) in [6.07, 6.45) is 14.4. The van der Waals surface area contributed by atoms with E-state index in [1.54, 1.807) is 0 Å². The number of rotatable bonds is 8. The number of amides is 2. The molecule has 2 aromatic rings. The molecule has 42 heavy (non-hydrogen) atoms. The van der Waals surface area contributed by atoms with Crippen molar-refractivity contribution in [2.45, 2.75) is 123 Å². The highest BCUT2D eigenvalue weighted by atomic mass is 16.5. The summed E-state index contributed by atoms with van der Waals surface area (Å²) < 4.78 is 7.89. The lowest BCUT2D eigenvalue weighted by Gasteiger charge is -2.26. The highest BCUT2D eigenvalue weighted by Gasteiger charge is 2.27. The molecule has 1 aromatic carbocycles. The Morgan fingerprint density at radius 2 is 1.48 bits per heavy atom. The smallest absolute Gasteiger partial charge is 0.253 e. The van der Waals surface area contributed by atoms with Gasteiger partial charge >= 0.3 is 0 Å². The maximum absolute atomic E-state index is 13.6. The first-order chi connectivity index (χ1) is 20.2. The van der Waals surface area contributed by atoms with Crippen LogP contribution in [0.5, 0.6) is 0 Å². The molecule has 0 spiro atoms. The molecule has 0 radical (unpaired) electrons. The molecule has 1 saturated heterocycles. The maximum atomic E-state index is 13.6. The summed E-state index contributed by atoms with van der Waals surface area (Å²) in [5, 5.41) is 6.55. The zero-order valence-corrected chi connectivity index (χ0v) is 26.5. The second-order valence-corrected chi connectivity index (χ2v) is 14.2. The van der Waals surface area contributed by atoms with Crippen LogP contribution in [0.4, 0.5) is 0 Å². The Balaban J connectivity index is 1.46. The molecule has 6 heteroatoms. The van der Waals surface area contributed by atoms with Crippen molar-refractivity contribution in [2.75, 3.05) is 19.8 Å². The predicted octanol–water partition coefficient (Wildman–Crippen LogP) is 7.56. The molecule has 1 aromatic heterocycles. The quantitative estimate of drug-likeness (QED) is 0.341. The van der Waals surface area contributed by atoms with E-state index in [1.165, 1.54) is 64.2 Å². The number of aromatic nitrogens is 1. The molecule has 5 rings (SSSR count). The van der Waals surface area contributed by atoms with Gasteiger partial charge in [-0.1, -0.05) is 65.4 Å². The summed E-state index contributed by atoms with van der Waals surface area (Å²) in [5.74, 6) is 1.26. The van der Waals surface area contributed by atoms with E-state index in [1.807, 2.05) is 6.07 Å². The van der Waals surface area contributed by atoms with Gasteiger partial charge < -0.3 is 19.9 Å². The van der Waals surface area contributed by atoms with Gasteiger partial charge in [0.2, 0.25) is 0 Å². The predicted molar refractivity (Wildman–Crippen MR) is 170 cm³/mol. The highest BCUT2D eigenvalue weighted by Crippen LogP contribution is 2.35. The molecule has 2 aliphatic carbocycles. The van der Waals surface area contributed by atoms with Gasteiger partial charge in [-0.2, -0.15) is 0 Å². The van der Waals surface area contributed by atoms with Gasteiger partial charge in [-0.25, -0.2) is 0 Å². The molecule has 3 fully saturated rings. The van der Waals surface area contributed by atoms with Crippen molar-refractivity contribution in [3.05, 3.63) is 46.6 Å². The van der Waals surface area contributed by atoms with E-state index in [4.69, 9.17) is 4.74 Å². The van der Waals surface area contributed by atoms with E-state index in [2.05, 4.69) is 61.1 Å². The highest BCUT2D eigenvalue weighted by molar-refractivity contribution is 5.98. The molecule has 230 valence electrons. The Kier molecular flexibility index (Phi) is 10.1. The van der Waals surface area contributed by atoms with E-state index in [0.29, 0.717) is 25.0 Å². The normalized spacial score (nSPS) is 19.5. The number of hydrogen-bond donors (Lipinski definition) is 2. The fourth-order valence-electron chi connectivity index (χ4n) is 7.33. The van der Waals surface area contributed by atoms with Crippen LogP contribution in [-0.2, 0) is 16.7 Å². The van der Waals surface area contributed by atoms with Crippen LogP contribution in [0.2, 0.25) is 0 Å². The lowest BCUT2D eigenvalue weighted by Crippen LogP contribution is -2.39. The molecule has 0 bridgehead atoms. The van der Waals surface area contributed by atoms with Crippen LogP contribution in [-0.4, -0.2) is 42.2 Å². The van der Waals surface area contributed by atoms with Gasteiger partial charge in [0.05, 0.1) is 5.56 Å². The molecule has 0 atom stereocenters. The zero-order chi connectivity index (χ0) is 29.7. The van der Waals surface area contributed by atoms with Gasteiger partial charge in [0.15, 0.2) is 0 Å². The second kappa shape index (κ2) is 13.8. The van der Waals surface area contributed by atoms with Crippen LogP contribution in [0.15, 0.2) is 24.3 Å². The molecule has 3 aliphatic rings. The van der Waals surface area contributed by atoms with Crippen LogP contribution in [0.1, 0.15) is 130 Å². The Morgan fingerprint density at radius 1 is 0.833 bits per heavy atom. The van der Waals surface area contributed by atoms with Crippen molar-refractivity contribution >= 4 is 11.8 Å². The molecule has 2 saturated carbocycles. The minimum atomic E-state index is -0.202. The Bertz CT molecular complexity index is 1220. The zero-order valence-electron chi connectivity index (χ0n) is 26.5. The van der Waals surface area contributed by atoms with Gasteiger partial charge in [-0.05, 0) is 92.0 Å². The van der Waals surface area contributed by atoms with Gasteiger partial charge in [0.1, 0.15) is 0 Å². The number of carbonyl (C=O) groups is 2. The first kappa shape index (κ1) is 30.8. The van der Waals surface area contributed by atoms with Gasteiger partial charge in [0, 0.05) is 49.3 Å². The summed E-state index contributed by atoms with van der Waals surface area (Å²) in [7, 11) is 0. The second-order valence-electron chi connectivity index (χ2n) is 14.2. The summed E-state index contributed by atoms with van der Waals surface area (Å²) in [5.41, 5.74) is 5.57. The molecule has 1 aliphatic heterocycles. The minimum Gasteiger partial charge on any atom is -0.381 e. The van der Waals surface area contributed by atoms with Crippen molar-refractivity contribution in [3.63, 3.8) is 0 Å². The SMILES string of the molecule is Cc1c(C(=O)NC2CCOCC2)cc(-c2ccc(C(=O)NCC3CCCCC3)c(C(C)(C)C)c2)n1CC1CCCCC1. The molecule has 6 nitrogen and oxygen atoms in total. The third-order valence-electron chi connectivity index (χ3n) is 9.98. The first-order valence-electron chi connectivity index (χ1n) is 16.7. The summed E-state index contributed by atoms with van der Waals surface area (Å²) in [4.78, 5) is 27.1. The standard InChI is InChI=1S/C36H53N3O3/c1-25-31(35(41)38-29-17-19-42-20-18-29)22-33(39(25)24-27-13-9-6-10-14-27)28-15-16-30(32(21-28)36(2,3)4)34(40)37-23-26-11-7-5-8-12-26/h15-16,21-22,26-27,29H,5-14,17-20,23-24H2,1-4H3,(H,37,40)(H,38,41). The van der Waals surface area contributed by atoms with Crippen LogP contribution >= 0.6 is 0 Å². The number of carbonyl (C=O) groups excluding carboxylic acids is 2. The number of hydrogen-bond acceptors (Lipinski definition) is 3. The monoisotopic (exact) mass is 575 g/mol. The first-order valence-corrected chi connectivity index (χ1v) is 16.7. The fraction of sp³-hybridized carbons (Fsp3) is 0.667. The Hall–Kier alpha value is -2.60. The molecule has 2 amide bonds. The van der Waals surface area contributed by atoms with Gasteiger partial charge in [-0.3, -0.25) is 9.59 Å². The van der Waals surface area contributed by atoms with Crippen LogP contribution < -0.4 is 10.6 Å². The van der Waals surface area contributed by atoms with E-state index >= 15 is 0 Å². The Labute approximate surface area is 253 Å².